The molecule has 0 saturated carbocycles. The second-order valence-corrected chi connectivity index (χ2v) is 15.6. The Labute approximate surface area is 307 Å². The number of aliphatic hydroxyl groups excluding tert-OH is 1. The normalized spacial score (nSPS) is 16.2. The molecule has 1 aliphatic heterocycles. The van der Waals surface area contributed by atoms with Gasteiger partial charge in [0.05, 0.1) is 24.2 Å². The number of nitrogens with two attached hydrogens (primary N) is 1. The van der Waals surface area contributed by atoms with Crippen LogP contribution >= 0.6 is 0 Å². The number of nitrogens with zero attached hydrogens (tertiary/aromatic N) is 4. The van der Waals surface area contributed by atoms with Gasteiger partial charge in [0.2, 0.25) is 15.9 Å². The Kier molecular flexibility index (Phi) is 14.0. The minimum absolute atomic E-state index is 0.0392. The number of sulfonamides is 1. The molecule has 1 heterocycles. The molecule has 3 amide bonds. The summed E-state index contributed by atoms with van der Waals surface area (Å²) in [5.41, 5.74) is 7.92. The average Bonchev–Trinajstić information content (AvgIpc) is 3.49. The molecule has 0 bridgehead atoms. The third kappa shape index (κ3) is 10.0. The Morgan fingerprint density at radius 3 is 2.29 bits per heavy atom. The van der Waals surface area contributed by atoms with Gasteiger partial charge in [0.25, 0.3) is 0 Å². The average molecular weight is 737 g/mol. The number of nitrogens with one attached hydrogen (secondary N) is 1. The van der Waals surface area contributed by atoms with Crippen molar-refractivity contribution in [1.29, 1.82) is 0 Å². The van der Waals surface area contributed by atoms with E-state index in [0.29, 0.717) is 30.8 Å². The Bertz CT molecular complexity index is 1770. The Hall–Kier alpha value is -4.66. The number of oxime groups is 1. The molecule has 4 rings (SSSR count). The molecule has 52 heavy (non-hydrogen) atoms. The first-order valence-electron chi connectivity index (χ1n) is 17.6. The third-order valence-electron chi connectivity index (χ3n) is 9.37. The molecule has 1 aliphatic rings. The second kappa shape index (κ2) is 18.2. The highest BCUT2D eigenvalue weighted by Crippen LogP contribution is 2.25. The first-order chi connectivity index (χ1) is 24.8. The van der Waals surface area contributed by atoms with Crippen LogP contribution in [0.5, 0.6) is 5.75 Å². The fourth-order valence-corrected chi connectivity index (χ4v) is 8.00. The van der Waals surface area contributed by atoms with Gasteiger partial charge >= 0.3 is 6.03 Å². The van der Waals surface area contributed by atoms with E-state index in [1.807, 2.05) is 64.1 Å². The van der Waals surface area contributed by atoms with Crippen LogP contribution in [0.15, 0.2) is 88.9 Å². The van der Waals surface area contributed by atoms with E-state index in [1.165, 1.54) is 23.5 Å². The molecular formula is C38H52N6O7S. The van der Waals surface area contributed by atoms with Crippen LogP contribution in [-0.2, 0) is 27.8 Å². The standard InChI is InChI=1S/C38H52N6O7S/c1-6-27(4)35(44-20-19-42(38(44)47)24-29-13-10-14-30(21-29)36(39)41-48)37(46)40-33(22-28-11-8-7-9-12-28)34(45)25-43(23-26(2)3)52(49,50)32-17-15-31(51-5)16-18-32/h7-18,21,26-27,33-35,45,48H,6,19-20,22-25H2,1-5H3,(H2,39,41)(H,40,46)/t27-,33-,34+,35-/m0/s1. The summed E-state index contributed by atoms with van der Waals surface area (Å²) in [7, 11) is -2.52. The van der Waals surface area contributed by atoms with Crippen molar-refractivity contribution in [3.63, 3.8) is 0 Å². The number of amidine groups is 1. The summed E-state index contributed by atoms with van der Waals surface area (Å²) in [5.74, 6) is -0.225. The lowest BCUT2D eigenvalue weighted by molar-refractivity contribution is -0.128. The molecule has 0 spiro atoms. The van der Waals surface area contributed by atoms with Gasteiger partial charge in [-0.15, -0.1) is 0 Å². The van der Waals surface area contributed by atoms with E-state index in [-0.39, 0.29) is 54.7 Å². The van der Waals surface area contributed by atoms with Gasteiger partial charge in [0, 0.05) is 38.3 Å². The van der Waals surface area contributed by atoms with Crippen LogP contribution in [0.3, 0.4) is 0 Å². The van der Waals surface area contributed by atoms with Crippen molar-refractivity contribution in [1.82, 2.24) is 19.4 Å². The molecule has 282 valence electrons. The summed E-state index contributed by atoms with van der Waals surface area (Å²) in [4.78, 5) is 31.4. The van der Waals surface area contributed by atoms with Crippen molar-refractivity contribution in [2.45, 2.75) is 70.2 Å². The molecule has 0 aromatic heterocycles. The number of hydrogen-bond donors (Lipinski definition) is 4. The molecule has 5 N–H and O–H groups in total. The highest BCUT2D eigenvalue weighted by atomic mass is 32.2. The van der Waals surface area contributed by atoms with Crippen LogP contribution in [0.25, 0.3) is 0 Å². The van der Waals surface area contributed by atoms with Crippen LogP contribution in [0.4, 0.5) is 4.79 Å². The van der Waals surface area contributed by atoms with Gasteiger partial charge in [0.15, 0.2) is 5.84 Å². The van der Waals surface area contributed by atoms with E-state index in [9.17, 15) is 23.1 Å². The monoisotopic (exact) mass is 736 g/mol. The maximum absolute atomic E-state index is 14.3. The number of benzene rings is 3. The minimum atomic E-state index is -4.03. The number of methoxy groups -OCH3 is 1. The quantitative estimate of drug-likeness (QED) is 0.0658. The van der Waals surface area contributed by atoms with Gasteiger partial charge in [-0.1, -0.05) is 87.8 Å². The summed E-state index contributed by atoms with van der Waals surface area (Å²) in [6.45, 7) is 8.50. The molecule has 14 heteroatoms. The van der Waals surface area contributed by atoms with E-state index in [0.717, 1.165) is 11.1 Å². The van der Waals surface area contributed by atoms with Gasteiger partial charge in [-0.25, -0.2) is 13.2 Å². The number of carbonyl (C=O) groups excluding carboxylic acids is 2. The van der Waals surface area contributed by atoms with Gasteiger partial charge in [-0.3, -0.25) is 4.79 Å². The lowest BCUT2D eigenvalue weighted by Gasteiger charge is -2.35. The molecule has 0 aliphatic carbocycles. The number of ether oxygens (including phenoxy) is 1. The van der Waals surface area contributed by atoms with Crippen molar-refractivity contribution < 1.29 is 33.1 Å². The number of aliphatic hydroxyl groups is 1. The summed E-state index contributed by atoms with van der Waals surface area (Å²) in [5, 5.41) is 27.0. The lowest BCUT2D eigenvalue weighted by atomic mass is 9.95. The van der Waals surface area contributed by atoms with Gasteiger partial charge in [0.1, 0.15) is 11.8 Å². The van der Waals surface area contributed by atoms with E-state index in [2.05, 4.69) is 10.5 Å². The van der Waals surface area contributed by atoms with Crippen molar-refractivity contribution in [3.8, 4) is 5.75 Å². The minimum Gasteiger partial charge on any atom is -0.497 e. The number of rotatable bonds is 18. The molecule has 1 saturated heterocycles. The van der Waals surface area contributed by atoms with E-state index in [4.69, 9.17) is 15.7 Å². The molecule has 4 atom stereocenters. The largest absolute Gasteiger partial charge is 0.497 e. The van der Waals surface area contributed by atoms with E-state index in [1.54, 1.807) is 40.1 Å². The summed E-state index contributed by atoms with van der Waals surface area (Å²) in [6.07, 6.45) is -0.449. The second-order valence-electron chi connectivity index (χ2n) is 13.7. The Morgan fingerprint density at radius 1 is 1.00 bits per heavy atom. The van der Waals surface area contributed by atoms with Crippen molar-refractivity contribution in [2.24, 2.45) is 22.7 Å². The van der Waals surface area contributed by atoms with Crippen LogP contribution in [-0.4, -0.2) is 102 Å². The third-order valence-corrected chi connectivity index (χ3v) is 11.2. The van der Waals surface area contributed by atoms with E-state index >= 15 is 0 Å². The Morgan fingerprint density at radius 2 is 1.67 bits per heavy atom. The molecule has 1 fully saturated rings. The summed E-state index contributed by atoms with van der Waals surface area (Å²) >= 11 is 0. The first-order valence-corrected chi connectivity index (χ1v) is 19.0. The van der Waals surface area contributed by atoms with Gasteiger partial charge < -0.3 is 35.9 Å². The van der Waals surface area contributed by atoms with Crippen LogP contribution in [0.1, 0.15) is 50.8 Å². The van der Waals surface area contributed by atoms with Crippen molar-refractivity contribution in [2.75, 3.05) is 33.3 Å². The van der Waals surface area contributed by atoms with Crippen molar-refractivity contribution >= 4 is 27.8 Å². The maximum Gasteiger partial charge on any atom is 0.321 e. The van der Waals surface area contributed by atoms with Crippen LogP contribution in [0.2, 0.25) is 0 Å². The molecular weight excluding hydrogens is 685 g/mol. The molecule has 0 unspecified atom stereocenters. The molecule has 13 nitrogen and oxygen atoms in total. The fourth-order valence-electron chi connectivity index (χ4n) is 6.37. The zero-order valence-electron chi connectivity index (χ0n) is 30.6. The number of carbonyl (C=O) groups is 2. The fraction of sp³-hybridized carbons (Fsp3) is 0.447. The highest BCUT2D eigenvalue weighted by Gasteiger charge is 2.41. The topological polar surface area (TPSA) is 178 Å². The van der Waals surface area contributed by atoms with Gasteiger partial charge in [-0.05, 0) is 59.7 Å². The zero-order valence-corrected chi connectivity index (χ0v) is 31.4. The molecule has 3 aromatic carbocycles. The predicted octanol–water partition coefficient (Wildman–Crippen LogP) is 3.88. The van der Waals surface area contributed by atoms with Crippen molar-refractivity contribution in [3.05, 3.63) is 95.6 Å². The van der Waals surface area contributed by atoms with E-state index < -0.39 is 34.1 Å². The SMILES string of the molecule is CC[C@H](C)[C@@H](C(=O)N[C@@H](Cc1ccccc1)[C@H](O)CN(CC(C)C)S(=O)(=O)c1ccc(OC)cc1)N1CCN(Cc2cccc(/C(N)=N\O)c2)C1=O. The number of urea groups is 1. The van der Waals surface area contributed by atoms with Crippen LogP contribution in [0, 0.1) is 11.8 Å². The summed E-state index contributed by atoms with van der Waals surface area (Å²) in [6, 6.07) is 20.5. The highest BCUT2D eigenvalue weighted by molar-refractivity contribution is 7.89. The van der Waals surface area contributed by atoms with Crippen LogP contribution < -0.4 is 15.8 Å². The zero-order chi connectivity index (χ0) is 38.0. The molecule has 3 aromatic rings. The molecule has 0 radical (unpaired) electrons. The summed E-state index contributed by atoms with van der Waals surface area (Å²) < 4.78 is 34.3. The Balaban J connectivity index is 1.58. The number of amides is 3. The van der Waals surface area contributed by atoms with Gasteiger partial charge in [-0.2, -0.15) is 4.31 Å². The first kappa shape index (κ1) is 40.1. The number of hydrogen-bond acceptors (Lipinski definition) is 8. The predicted molar refractivity (Wildman–Crippen MR) is 199 cm³/mol. The maximum atomic E-state index is 14.3. The smallest absolute Gasteiger partial charge is 0.321 e. The lowest BCUT2D eigenvalue weighted by Crippen LogP contribution is -2.57.